The van der Waals surface area contributed by atoms with Gasteiger partial charge in [0, 0.05) is 5.56 Å². The quantitative estimate of drug-likeness (QED) is 0.797. The lowest BCUT2D eigenvalue weighted by Crippen LogP contribution is -2.56. The van der Waals surface area contributed by atoms with Gasteiger partial charge in [-0.05, 0) is 53.4 Å². The average Bonchev–Trinajstić information content (AvgIpc) is 2.27. The lowest BCUT2D eigenvalue weighted by Gasteiger charge is -2.40. The second-order valence-electron chi connectivity index (χ2n) is 4.41. The fourth-order valence-electron chi connectivity index (χ4n) is 1.89. The molecule has 0 bridgehead atoms. The summed E-state index contributed by atoms with van der Waals surface area (Å²) in [7, 11) is 0. The van der Waals surface area contributed by atoms with Gasteiger partial charge >= 0.3 is 0 Å². The normalized spacial score (nSPS) is 17.3. The van der Waals surface area contributed by atoms with Gasteiger partial charge in [0.05, 0.1) is 16.6 Å². The topological polar surface area (TPSA) is 69.6 Å². The molecule has 0 saturated heterocycles. The number of halogens is 1. The number of aliphatic hydroxyl groups is 1. The molecule has 0 atom stereocenters. The minimum absolute atomic E-state index is 0.0318. The highest BCUT2D eigenvalue weighted by atomic mass is 79.9. The van der Waals surface area contributed by atoms with E-state index in [4.69, 9.17) is 0 Å². The Kier molecular flexibility index (Phi) is 3.40. The third-order valence-electron chi connectivity index (χ3n) is 3.20. The Morgan fingerprint density at radius 2 is 2.18 bits per heavy atom. The molecule has 3 N–H and O–H groups in total. The number of hydrogen-bond acceptors (Lipinski definition) is 3. The molecular formula is C12H14BrNO3. The van der Waals surface area contributed by atoms with Crippen molar-refractivity contribution in [2.45, 2.75) is 24.8 Å². The summed E-state index contributed by atoms with van der Waals surface area (Å²) in [5, 5.41) is 21.6. The Bertz CT molecular complexity index is 438. The summed E-state index contributed by atoms with van der Waals surface area (Å²) in [6.45, 7) is -0.0404. The highest BCUT2D eigenvalue weighted by Gasteiger charge is 2.37. The van der Waals surface area contributed by atoms with Crippen LogP contribution in [-0.4, -0.2) is 28.3 Å². The first-order chi connectivity index (χ1) is 8.06. The number of rotatable bonds is 3. The molecule has 0 radical (unpaired) electrons. The second kappa shape index (κ2) is 4.66. The van der Waals surface area contributed by atoms with Crippen LogP contribution < -0.4 is 5.32 Å². The zero-order valence-electron chi connectivity index (χ0n) is 9.24. The molecular weight excluding hydrogens is 286 g/mol. The van der Waals surface area contributed by atoms with Crippen LogP contribution in [0.5, 0.6) is 5.75 Å². The van der Waals surface area contributed by atoms with Gasteiger partial charge in [0.15, 0.2) is 0 Å². The largest absolute Gasteiger partial charge is 0.507 e. The maximum atomic E-state index is 11.9. The number of hydrogen-bond donors (Lipinski definition) is 3. The zero-order chi connectivity index (χ0) is 12.5. The third kappa shape index (κ3) is 2.45. The SMILES string of the molecule is O=C(NC1(CO)CCC1)c1ccc(Br)c(O)c1. The maximum absolute atomic E-state index is 11.9. The molecule has 1 amide bonds. The van der Waals surface area contributed by atoms with Crippen LogP contribution in [0.15, 0.2) is 22.7 Å². The molecule has 1 aliphatic rings. The molecule has 1 fully saturated rings. The molecule has 0 unspecified atom stereocenters. The zero-order valence-corrected chi connectivity index (χ0v) is 10.8. The van der Waals surface area contributed by atoms with Crippen molar-refractivity contribution in [3.63, 3.8) is 0 Å². The molecule has 5 heteroatoms. The number of phenolic OH excluding ortho intramolecular Hbond substituents is 1. The van der Waals surface area contributed by atoms with Gasteiger partial charge in [0.2, 0.25) is 0 Å². The molecule has 1 aliphatic carbocycles. The van der Waals surface area contributed by atoms with Crippen molar-refractivity contribution < 1.29 is 15.0 Å². The van der Waals surface area contributed by atoms with Crippen LogP contribution in [0.3, 0.4) is 0 Å². The van der Waals surface area contributed by atoms with Crippen molar-refractivity contribution in [3.05, 3.63) is 28.2 Å². The average molecular weight is 300 g/mol. The van der Waals surface area contributed by atoms with E-state index in [2.05, 4.69) is 21.2 Å². The van der Waals surface area contributed by atoms with Crippen molar-refractivity contribution in [1.29, 1.82) is 0 Å². The fourth-order valence-corrected chi connectivity index (χ4v) is 2.14. The summed E-state index contributed by atoms with van der Waals surface area (Å²) in [5.74, 6) is -0.231. The molecule has 0 heterocycles. The summed E-state index contributed by atoms with van der Waals surface area (Å²) in [4.78, 5) is 11.9. The highest BCUT2D eigenvalue weighted by molar-refractivity contribution is 9.10. The van der Waals surface area contributed by atoms with E-state index < -0.39 is 5.54 Å². The van der Waals surface area contributed by atoms with Crippen LogP contribution >= 0.6 is 15.9 Å². The van der Waals surface area contributed by atoms with E-state index in [1.807, 2.05) is 0 Å². The number of carbonyl (C=O) groups is 1. The predicted octanol–water partition coefficient (Wildman–Crippen LogP) is 1.80. The highest BCUT2D eigenvalue weighted by Crippen LogP contribution is 2.32. The van der Waals surface area contributed by atoms with Gasteiger partial charge in [0.1, 0.15) is 5.75 Å². The van der Waals surface area contributed by atoms with E-state index in [9.17, 15) is 15.0 Å². The smallest absolute Gasteiger partial charge is 0.251 e. The van der Waals surface area contributed by atoms with E-state index in [1.165, 1.54) is 6.07 Å². The Morgan fingerprint density at radius 3 is 2.65 bits per heavy atom. The Morgan fingerprint density at radius 1 is 1.47 bits per heavy atom. The molecule has 92 valence electrons. The first kappa shape index (κ1) is 12.4. The van der Waals surface area contributed by atoms with Gasteiger partial charge < -0.3 is 15.5 Å². The van der Waals surface area contributed by atoms with Crippen molar-refractivity contribution in [3.8, 4) is 5.75 Å². The molecule has 1 saturated carbocycles. The number of nitrogens with one attached hydrogen (secondary N) is 1. The number of carbonyl (C=O) groups excluding carboxylic acids is 1. The molecule has 0 spiro atoms. The summed E-state index contributed by atoms with van der Waals surface area (Å²) >= 11 is 3.16. The fraction of sp³-hybridized carbons (Fsp3) is 0.417. The standard InChI is InChI=1S/C12H14BrNO3/c13-9-3-2-8(6-10(9)16)11(17)14-12(7-15)4-1-5-12/h2-3,6,15-16H,1,4-5,7H2,(H,14,17). The van der Waals surface area contributed by atoms with Gasteiger partial charge in [-0.2, -0.15) is 0 Å². The maximum Gasteiger partial charge on any atom is 0.251 e. The van der Waals surface area contributed by atoms with Crippen molar-refractivity contribution in [2.24, 2.45) is 0 Å². The first-order valence-electron chi connectivity index (χ1n) is 5.48. The number of amides is 1. The van der Waals surface area contributed by atoms with E-state index in [-0.39, 0.29) is 18.3 Å². The molecule has 4 nitrogen and oxygen atoms in total. The molecule has 2 rings (SSSR count). The van der Waals surface area contributed by atoms with Gasteiger partial charge in [-0.1, -0.05) is 0 Å². The molecule has 17 heavy (non-hydrogen) atoms. The van der Waals surface area contributed by atoms with Crippen LogP contribution in [0, 0.1) is 0 Å². The van der Waals surface area contributed by atoms with E-state index in [0.29, 0.717) is 10.0 Å². The van der Waals surface area contributed by atoms with Crippen molar-refractivity contribution >= 4 is 21.8 Å². The van der Waals surface area contributed by atoms with Crippen LogP contribution in [0.4, 0.5) is 0 Å². The molecule has 0 aromatic heterocycles. The lowest BCUT2D eigenvalue weighted by molar-refractivity contribution is 0.0641. The van der Waals surface area contributed by atoms with Crippen molar-refractivity contribution in [2.75, 3.05) is 6.61 Å². The van der Waals surface area contributed by atoms with Gasteiger partial charge in [-0.15, -0.1) is 0 Å². The van der Waals surface area contributed by atoms with Crippen LogP contribution in [0.2, 0.25) is 0 Å². The third-order valence-corrected chi connectivity index (χ3v) is 3.87. The lowest BCUT2D eigenvalue weighted by atomic mass is 9.77. The van der Waals surface area contributed by atoms with Crippen molar-refractivity contribution in [1.82, 2.24) is 5.32 Å². The van der Waals surface area contributed by atoms with Gasteiger partial charge in [-0.3, -0.25) is 4.79 Å². The van der Waals surface area contributed by atoms with E-state index in [0.717, 1.165) is 19.3 Å². The van der Waals surface area contributed by atoms with E-state index in [1.54, 1.807) is 12.1 Å². The number of aliphatic hydroxyl groups excluding tert-OH is 1. The van der Waals surface area contributed by atoms with Crippen LogP contribution in [0.1, 0.15) is 29.6 Å². The minimum Gasteiger partial charge on any atom is -0.507 e. The second-order valence-corrected chi connectivity index (χ2v) is 5.27. The molecule has 0 aliphatic heterocycles. The molecule has 1 aromatic carbocycles. The molecule has 1 aromatic rings. The predicted molar refractivity (Wildman–Crippen MR) is 66.9 cm³/mol. The van der Waals surface area contributed by atoms with Crippen LogP contribution in [-0.2, 0) is 0 Å². The van der Waals surface area contributed by atoms with Gasteiger partial charge in [0.25, 0.3) is 5.91 Å². The first-order valence-corrected chi connectivity index (χ1v) is 6.27. The van der Waals surface area contributed by atoms with E-state index >= 15 is 0 Å². The number of aromatic hydroxyl groups is 1. The minimum atomic E-state index is -0.459. The Labute approximate surface area is 108 Å². The summed E-state index contributed by atoms with van der Waals surface area (Å²) in [6.07, 6.45) is 2.63. The number of phenols is 1. The Balaban J connectivity index is 2.11. The Hall–Kier alpha value is -1.07. The summed E-state index contributed by atoms with van der Waals surface area (Å²) < 4.78 is 0.551. The monoisotopic (exact) mass is 299 g/mol. The summed E-state index contributed by atoms with van der Waals surface area (Å²) in [6, 6.07) is 4.66. The van der Waals surface area contributed by atoms with Crippen LogP contribution in [0.25, 0.3) is 0 Å². The summed E-state index contributed by atoms with van der Waals surface area (Å²) in [5.41, 5.74) is -0.0646. The number of benzene rings is 1. The van der Waals surface area contributed by atoms with Gasteiger partial charge in [-0.25, -0.2) is 0 Å².